The standard InChI is InChI=1S/C24H23NO8S2/c1-31-22(29)18-19(23(30)32-2)35-24(34-18)16-10-8-15(9-11-16)20(27)25-17(12-26)21(28)33-13-14-6-4-3-5-7-14/h3-11,17,24,26H,12-13H2,1-2H3,(H,25,27)/t17-/m0/s1. The van der Waals surface area contributed by atoms with Crippen LogP contribution in [0.3, 0.4) is 0 Å². The Bertz CT molecular complexity index is 1090. The van der Waals surface area contributed by atoms with Crippen molar-refractivity contribution in [3.05, 3.63) is 81.1 Å². The summed E-state index contributed by atoms with van der Waals surface area (Å²) in [5.41, 5.74) is 1.78. The monoisotopic (exact) mass is 517 g/mol. The fourth-order valence-corrected chi connectivity index (χ4v) is 5.80. The molecular weight excluding hydrogens is 494 g/mol. The Kier molecular flexibility index (Phi) is 9.35. The summed E-state index contributed by atoms with van der Waals surface area (Å²) in [7, 11) is 2.46. The number of aliphatic hydroxyl groups is 1. The van der Waals surface area contributed by atoms with Gasteiger partial charge in [-0.1, -0.05) is 66.0 Å². The van der Waals surface area contributed by atoms with Gasteiger partial charge in [-0.25, -0.2) is 14.4 Å². The molecular formula is C24H23NO8S2. The van der Waals surface area contributed by atoms with Crippen LogP contribution in [0.25, 0.3) is 0 Å². The van der Waals surface area contributed by atoms with Crippen molar-refractivity contribution in [1.29, 1.82) is 0 Å². The normalized spacial score (nSPS) is 14.3. The molecule has 0 spiro atoms. The predicted octanol–water partition coefficient (Wildman–Crippen LogP) is 2.56. The number of amides is 1. The van der Waals surface area contributed by atoms with Gasteiger partial charge < -0.3 is 24.6 Å². The molecule has 0 saturated heterocycles. The highest BCUT2D eigenvalue weighted by molar-refractivity contribution is 8.23. The van der Waals surface area contributed by atoms with Crippen LogP contribution in [0, 0.1) is 0 Å². The smallest absolute Gasteiger partial charge is 0.345 e. The SMILES string of the molecule is COC(=O)C1=C(C(=O)OC)SC(c2ccc(C(=O)N[C@@H](CO)C(=O)OCc3ccccc3)cc2)S1. The van der Waals surface area contributed by atoms with Crippen LogP contribution in [0.15, 0.2) is 64.4 Å². The van der Waals surface area contributed by atoms with Crippen molar-refractivity contribution < 1.29 is 38.5 Å². The van der Waals surface area contributed by atoms with E-state index in [9.17, 15) is 24.3 Å². The van der Waals surface area contributed by atoms with Crippen LogP contribution in [-0.4, -0.2) is 55.8 Å². The summed E-state index contributed by atoms with van der Waals surface area (Å²) in [5.74, 6) is -2.58. The molecule has 0 saturated carbocycles. The fraction of sp³-hybridized carbons (Fsp3) is 0.250. The molecule has 11 heteroatoms. The molecule has 0 unspecified atom stereocenters. The number of carbonyl (C=O) groups excluding carboxylic acids is 4. The molecule has 3 rings (SSSR count). The quantitative estimate of drug-likeness (QED) is 0.378. The van der Waals surface area contributed by atoms with E-state index < -0.39 is 36.5 Å². The van der Waals surface area contributed by atoms with Gasteiger partial charge in [-0.2, -0.15) is 0 Å². The van der Waals surface area contributed by atoms with Gasteiger partial charge in [0.1, 0.15) is 16.4 Å². The Balaban J connectivity index is 1.61. The molecule has 1 heterocycles. The summed E-state index contributed by atoms with van der Waals surface area (Å²) < 4.78 is 14.4. The molecule has 9 nitrogen and oxygen atoms in total. The van der Waals surface area contributed by atoms with E-state index in [1.807, 2.05) is 18.2 Å². The molecule has 2 aromatic carbocycles. The van der Waals surface area contributed by atoms with Crippen molar-refractivity contribution in [2.24, 2.45) is 0 Å². The summed E-state index contributed by atoms with van der Waals surface area (Å²) >= 11 is 2.31. The zero-order valence-corrected chi connectivity index (χ0v) is 20.5. The molecule has 35 heavy (non-hydrogen) atoms. The average Bonchev–Trinajstić information content (AvgIpc) is 3.35. The average molecular weight is 518 g/mol. The van der Waals surface area contributed by atoms with Gasteiger partial charge in [-0.05, 0) is 23.3 Å². The van der Waals surface area contributed by atoms with Crippen molar-refractivity contribution in [3.8, 4) is 0 Å². The largest absolute Gasteiger partial charge is 0.465 e. The zero-order chi connectivity index (χ0) is 25.4. The maximum absolute atomic E-state index is 12.6. The lowest BCUT2D eigenvalue weighted by molar-refractivity contribution is -0.148. The summed E-state index contributed by atoms with van der Waals surface area (Å²) in [4.78, 5) is 49.3. The van der Waals surface area contributed by atoms with E-state index in [4.69, 9.17) is 14.2 Å². The molecule has 1 atom stereocenters. The van der Waals surface area contributed by atoms with Crippen molar-refractivity contribution >= 4 is 47.3 Å². The first kappa shape index (κ1) is 26.3. The Hall–Kier alpha value is -3.28. The van der Waals surface area contributed by atoms with Crippen molar-refractivity contribution in [2.75, 3.05) is 20.8 Å². The summed E-state index contributed by atoms with van der Waals surface area (Å²) in [6.45, 7) is -0.600. The lowest BCUT2D eigenvalue weighted by atomic mass is 10.1. The summed E-state index contributed by atoms with van der Waals surface area (Å²) in [6, 6.07) is 14.3. The Labute approximate surface area is 210 Å². The maximum atomic E-state index is 12.6. The van der Waals surface area contributed by atoms with E-state index in [0.717, 1.165) is 34.7 Å². The Morgan fingerprint density at radius 2 is 1.49 bits per heavy atom. The van der Waals surface area contributed by atoms with Crippen molar-refractivity contribution in [3.63, 3.8) is 0 Å². The molecule has 0 aromatic heterocycles. The molecule has 0 fully saturated rings. The topological polar surface area (TPSA) is 128 Å². The predicted molar refractivity (Wildman–Crippen MR) is 130 cm³/mol. The highest BCUT2D eigenvalue weighted by atomic mass is 32.2. The van der Waals surface area contributed by atoms with E-state index in [2.05, 4.69) is 5.32 Å². The van der Waals surface area contributed by atoms with E-state index in [-0.39, 0.29) is 26.6 Å². The van der Waals surface area contributed by atoms with E-state index in [1.165, 1.54) is 14.2 Å². The first-order chi connectivity index (χ1) is 16.9. The van der Waals surface area contributed by atoms with Gasteiger partial charge in [-0.3, -0.25) is 4.79 Å². The molecule has 0 bridgehead atoms. The second-order valence-electron chi connectivity index (χ2n) is 7.13. The van der Waals surface area contributed by atoms with Gasteiger partial charge in [0.25, 0.3) is 5.91 Å². The van der Waals surface area contributed by atoms with Gasteiger partial charge in [0, 0.05) is 5.56 Å². The minimum absolute atomic E-state index is 0.0205. The maximum Gasteiger partial charge on any atom is 0.345 e. The van der Waals surface area contributed by atoms with Crippen LogP contribution in [0.4, 0.5) is 0 Å². The summed E-state index contributed by atoms with van der Waals surface area (Å²) in [5, 5.41) is 12.0. The number of ether oxygens (including phenoxy) is 3. The van der Waals surface area contributed by atoms with Crippen molar-refractivity contribution in [2.45, 2.75) is 17.2 Å². The third-order valence-electron chi connectivity index (χ3n) is 4.84. The Morgan fingerprint density at radius 1 is 0.914 bits per heavy atom. The van der Waals surface area contributed by atoms with E-state index in [1.54, 1.807) is 36.4 Å². The molecule has 0 aliphatic carbocycles. The first-order valence-corrected chi connectivity index (χ1v) is 12.1. The third-order valence-corrected chi connectivity index (χ3v) is 7.73. The van der Waals surface area contributed by atoms with Crippen LogP contribution >= 0.6 is 23.5 Å². The Morgan fingerprint density at radius 3 is 2.00 bits per heavy atom. The van der Waals surface area contributed by atoms with Crippen LogP contribution in [0.5, 0.6) is 0 Å². The number of rotatable bonds is 9. The van der Waals surface area contributed by atoms with Crippen LogP contribution in [-0.2, 0) is 35.2 Å². The number of nitrogens with one attached hydrogen (secondary N) is 1. The van der Waals surface area contributed by atoms with E-state index >= 15 is 0 Å². The first-order valence-electron chi connectivity index (χ1n) is 10.3. The van der Waals surface area contributed by atoms with Gasteiger partial charge in [-0.15, -0.1) is 0 Å². The van der Waals surface area contributed by atoms with Gasteiger partial charge >= 0.3 is 17.9 Å². The zero-order valence-electron chi connectivity index (χ0n) is 18.9. The second kappa shape index (κ2) is 12.4. The van der Waals surface area contributed by atoms with Crippen LogP contribution in [0.2, 0.25) is 0 Å². The van der Waals surface area contributed by atoms with E-state index in [0.29, 0.717) is 0 Å². The minimum Gasteiger partial charge on any atom is -0.465 e. The second-order valence-corrected chi connectivity index (χ2v) is 9.66. The summed E-state index contributed by atoms with van der Waals surface area (Å²) in [6.07, 6.45) is 0. The van der Waals surface area contributed by atoms with Gasteiger partial charge in [0.15, 0.2) is 6.04 Å². The lowest BCUT2D eigenvalue weighted by Crippen LogP contribution is -2.44. The molecule has 2 N–H and O–H groups in total. The number of methoxy groups -OCH3 is 2. The lowest BCUT2D eigenvalue weighted by Gasteiger charge is -2.16. The highest BCUT2D eigenvalue weighted by Crippen LogP contribution is 2.55. The molecule has 184 valence electrons. The third kappa shape index (κ3) is 6.65. The number of benzene rings is 2. The molecule has 1 aliphatic rings. The van der Waals surface area contributed by atoms with Crippen LogP contribution in [0.1, 0.15) is 26.1 Å². The molecule has 2 aromatic rings. The minimum atomic E-state index is -1.22. The highest BCUT2D eigenvalue weighted by Gasteiger charge is 2.36. The van der Waals surface area contributed by atoms with Gasteiger partial charge in [0.05, 0.1) is 25.4 Å². The molecule has 1 aliphatic heterocycles. The number of thioether (sulfide) groups is 2. The molecule has 1 amide bonds. The number of aliphatic hydroxyl groups excluding tert-OH is 1. The molecule has 0 radical (unpaired) electrons. The number of hydrogen-bond acceptors (Lipinski definition) is 10. The van der Waals surface area contributed by atoms with Gasteiger partial charge in [0.2, 0.25) is 0 Å². The fourth-order valence-electron chi connectivity index (χ4n) is 2.99. The number of carbonyl (C=O) groups is 4. The number of hydrogen-bond donors (Lipinski definition) is 2. The number of esters is 3. The van der Waals surface area contributed by atoms with Crippen LogP contribution < -0.4 is 5.32 Å². The van der Waals surface area contributed by atoms with Crippen molar-refractivity contribution in [1.82, 2.24) is 5.32 Å².